The topological polar surface area (TPSA) is 12.0 Å². The van der Waals surface area contributed by atoms with Crippen LogP contribution in [-0.2, 0) is 6.42 Å². The number of rotatable bonds is 8. The van der Waals surface area contributed by atoms with Crippen LogP contribution in [0, 0.1) is 17.5 Å². The first kappa shape index (κ1) is 15.0. The Morgan fingerprint density at radius 2 is 1.61 bits per heavy atom. The average molecular weight is 259 g/mol. The fraction of sp³-hybridized carbons (Fsp3) is 0.571. The van der Waals surface area contributed by atoms with Crippen molar-refractivity contribution in [1.29, 1.82) is 0 Å². The summed E-state index contributed by atoms with van der Waals surface area (Å²) >= 11 is 0. The molecule has 1 aromatic rings. The lowest BCUT2D eigenvalue weighted by atomic mass is 10.1. The molecule has 0 atom stereocenters. The van der Waals surface area contributed by atoms with Crippen LogP contribution in [-0.4, -0.2) is 13.1 Å². The summed E-state index contributed by atoms with van der Waals surface area (Å²) in [6.45, 7) is 4.07. The molecular formula is C14H20F3N. The van der Waals surface area contributed by atoms with E-state index in [4.69, 9.17) is 0 Å². The molecule has 1 nitrogen and oxygen atoms in total. The van der Waals surface area contributed by atoms with Crippen LogP contribution in [0.2, 0.25) is 0 Å². The van der Waals surface area contributed by atoms with Gasteiger partial charge in [-0.1, -0.05) is 13.3 Å². The first-order chi connectivity index (χ1) is 8.65. The molecule has 102 valence electrons. The fourth-order valence-electron chi connectivity index (χ4n) is 1.80. The lowest BCUT2D eigenvalue weighted by molar-refractivity contribution is 0.488. The standard InChI is InChI=1S/C14H20F3N/c1-2-7-18-8-5-3-4-6-11-9-13(16)14(17)10-12(11)15/h9-10,18H,2-8H2,1H3. The summed E-state index contributed by atoms with van der Waals surface area (Å²) in [6.07, 6.45) is 4.33. The van der Waals surface area contributed by atoms with Gasteiger partial charge in [0.2, 0.25) is 0 Å². The minimum atomic E-state index is -1.12. The predicted octanol–water partition coefficient (Wildman–Crippen LogP) is 3.82. The van der Waals surface area contributed by atoms with Crippen molar-refractivity contribution < 1.29 is 13.2 Å². The van der Waals surface area contributed by atoms with Crippen molar-refractivity contribution in [3.05, 3.63) is 35.1 Å². The first-order valence-electron chi connectivity index (χ1n) is 6.49. The summed E-state index contributed by atoms with van der Waals surface area (Å²) in [6, 6.07) is 1.58. The van der Waals surface area contributed by atoms with Crippen LogP contribution in [0.3, 0.4) is 0 Å². The number of benzene rings is 1. The van der Waals surface area contributed by atoms with Crippen molar-refractivity contribution in [2.75, 3.05) is 13.1 Å². The van der Waals surface area contributed by atoms with Gasteiger partial charge >= 0.3 is 0 Å². The molecule has 0 aliphatic heterocycles. The molecule has 0 bridgehead atoms. The summed E-state index contributed by atoms with van der Waals surface area (Å²) in [5, 5.41) is 3.28. The second kappa shape index (κ2) is 8.14. The number of hydrogen-bond donors (Lipinski definition) is 1. The van der Waals surface area contributed by atoms with Gasteiger partial charge in [0.05, 0.1) is 0 Å². The quantitative estimate of drug-likeness (QED) is 0.553. The van der Waals surface area contributed by atoms with Crippen LogP contribution in [0.15, 0.2) is 12.1 Å². The highest BCUT2D eigenvalue weighted by Crippen LogP contribution is 2.16. The summed E-state index contributed by atoms with van der Waals surface area (Å²) in [5.74, 6) is -2.76. The normalized spacial score (nSPS) is 10.9. The molecule has 0 amide bonds. The average Bonchev–Trinajstić information content (AvgIpc) is 2.34. The Labute approximate surface area is 106 Å². The Hall–Kier alpha value is -1.03. The molecule has 0 aliphatic carbocycles. The molecule has 4 heteroatoms. The maximum absolute atomic E-state index is 13.3. The number of aryl methyl sites for hydroxylation is 1. The van der Waals surface area contributed by atoms with Crippen molar-refractivity contribution >= 4 is 0 Å². The minimum Gasteiger partial charge on any atom is -0.317 e. The van der Waals surface area contributed by atoms with E-state index in [1.165, 1.54) is 0 Å². The predicted molar refractivity (Wildman–Crippen MR) is 67.0 cm³/mol. The zero-order chi connectivity index (χ0) is 13.4. The Kier molecular flexibility index (Phi) is 6.80. The molecule has 0 saturated carbocycles. The molecule has 0 aromatic heterocycles. The molecule has 0 fully saturated rings. The highest BCUT2D eigenvalue weighted by atomic mass is 19.2. The number of hydrogen-bond acceptors (Lipinski definition) is 1. The molecule has 1 rings (SSSR count). The van der Waals surface area contributed by atoms with Gasteiger partial charge in [-0.15, -0.1) is 0 Å². The van der Waals surface area contributed by atoms with Crippen LogP contribution in [0.5, 0.6) is 0 Å². The molecular weight excluding hydrogens is 239 g/mol. The van der Waals surface area contributed by atoms with Crippen LogP contribution in [0.4, 0.5) is 13.2 Å². The lowest BCUT2D eigenvalue weighted by Crippen LogP contribution is -2.15. The summed E-state index contributed by atoms with van der Waals surface area (Å²) < 4.78 is 38.9. The van der Waals surface area contributed by atoms with E-state index in [1.807, 2.05) is 0 Å². The Morgan fingerprint density at radius 3 is 2.33 bits per heavy atom. The summed E-state index contributed by atoms with van der Waals surface area (Å²) in [5.41, 5.74) is 0.260. The van der Waals surface area contributed by atoms with Gasteiger partial charge < -0.3 is 5.32 Å². The van der Waals surface area contributed by atoms with Gasteiger partial charge in [-0.3, -0.25) is 0 Å². The van der Waals surface area contributed by atoms with Crippen LogP contribution in [0.1, 0.15) is 38.2 Å². The largest absolute Gasteiger partial charge is 0.317 e. The smallest absolute Gasteiger partial charge is 0.161 e. The third kappa shape index (κ3) is 5.08. The monoisotopic (exact) mass is 259 g/mol. The van der Waals surface area contributed by atoms with E-state index < -0.39 is 17.5 Å². The summed E-state index contributed by atoms with van der Waals surface area (Å²) in [4.78, 5) is 0. The third-order valence-electron chi connectivity index (χ3n) is 2.82. The molecule has 0 spiro atoms. The van der Waals surface area contributed by atoms with Crippen molar-refractivity contribution in [2.45, 2.75) is 39.0 Å². The highest BCUT2D eigenvalue weighted by Gasteiger charge is 2.09. The van der Waals surface area contributed by atoms with E-state index in [-0.39, 0.29) is 5.56 Å². The Balaban J connectivity index is 2.25. The molecule has 18 heavy (non-hydrogen) atoms. The van der Waals surface area contributed by atoms with Crippen LogP contribution >= 0.6 is 0 Å². The van der Waals surface area contributed by atoms with Crippen molar-refractivity contribution in [3.63, 3.8) is 0 Å². The van der Waals surface area contributed by atoms with E-state index in [0.29, 0.717) is 12.5 Å². The van der Waals surface area contributed by atoms with E-state index in [9.17, 15) is 13.2 Å². The zero-order valence-electron chi connectivity index (χ0n) is 10.7. The van der Waals surface area contributed by atoms with E-state index in [2.05, 4.69) is 12.2 Å². The van der Waals surface area contributed by atoms with Gasteiger partial charge in [-0.2, -0.15) is 0 Å². The van der Waals surface area contributed by atoms with E-state index in [1.54, 1.807) is 0 Å². The lowest BCUT2D eigenvalue weighted by Gasteiger charge is -2.05. The second-order valence-electron chi connectivity index (χ2n) is 4.42. The fourth-order valence-corrected chi connectivity index (χ4v) is 1.80. The van der Waals surface area contributed by atoms with E-state index >= 15 is 0 Å². The zero-order valence-corrected chi connectivity index (χ0v) is 10.7. The second-order valence-corrected chi connectivity index (χ2v) is 4.42. The van der Waals surface area contributed by atoms with Gasteiger partial charge in [0, 0.05) is 6.07 Å². The Bertz CT molecular complexity index is 366. The molecule has 1 aromatic carbocycles. The van der Waals surface area contributed by atoms with Gasteiger partial charge in [0.15, 0.2) is 11.6 Å². The molecule has 0 heterocycles. The molecule has 1 N–H and O–H groups in total. The minimum absolute atomic E-state index is 0.260. The molecule has 0 radical (unpaired) electrons. The number of halogens is 3. The Morgan fingerprint density at radius 1 is 0.889 bits per heavy atom. The van der Waals surface area contributed by atoms with Crippen molar-refractivity contribution in [3.8, 4) is 0 Å². The maximum atomic E-state index is 13.3. The van der Waals surface area contributed by atoms with Crippen molar-refractivity contribution in [2.24, 2.45) is 0 Å². The van der Waals surface area contributed by atoms with Gasteiger partial charge in [-0.25, -0.2) is 13.2 Å². The van der Waals surface area contributed by atoms with Gasteiger partial charge in [0.1, 0.15) is 5.82 Å². The summed E-state index contributed by atoms with van der Waals surface area (Å²) in [7, 11) is 0. The molecule has 0 unspecified atom stereocenters. The highest BCUT2D eigenvalue weighted by molar-refractivity contribution is 5.20. The third-order valence-corrected chi connectivity index (χ3v) is 2.82. The number of unbranched alkanes of at least 4 members (excludes halogenated alkanes) is 2. The SMILES string of the molecule is CCCNCCCCCc1cc(F)c(F)cc1F. The molecule has 0 aliphatic rings. The first-order valence-corrected chi connectivity index (χ1v) is 6.49. The van der Waals surface area contributed by atoms with Crippen LogP contribution in [0.25, 0.3) is 0 Å². The van der Waals surface area contributed by atoms with Crippen molar-refractivity contribution in [1.82, 2.24) is 5.32 Å². The van der Waals surface area contributed by atoms with E-state index in [0.717, 1.165) is 44.8 Å². The van der Waals surface area contributed by atoms with Crippen LogP contribution < -0.4 is 5.32 Å². The van der Waals surface area contributed by atoms with Gasteiger partial charge in [-0.05, 0) is 50.4 Å². The molecule has 0 saturated heterocycles. The van der Waals surface area contributed by atoms with Gasteiger partial charge in [0.25, 0.3) is 0 Å². The maximum Gasteiger partial charge on any atom is 0.161 e. The number of nitrogens with one attached hydrogen (secondary N) is 1.